The highest BCUT2D eigenvalue weighted by atomic mass is 16.5. The first kappa shape index (κ1) is 12.5. The molecule has 0 spiro atoms. The predicted molar refractivity (Wildman–Crippen MR) is 60.6 cm³/mol. The molecule has 1 aliphatic carbocycles. The molecule has 0 radical (unpaired) electrons. The van der Waals surface area contributed by atoms with E-state index in [0.717, 1.165) is 19.3 Å². The molecule has 88 valence electrons. The topological polar surface area (TPSA) is 38.3 Å². The monoisotopic (exact) mass is 213 g/mol. The molecule has 3 atom stereocenters. The zero-order valence-corrected chi connectivity index (χ0v) is 10.3. The number of carbonyl (C=O) groups excluding carboxylic acids is 1. The lowest BCUT2D eigenvalue weighted by Crippen LogP contribution is -2.55. The number of esters is 1. The molecular formula is C12H23NO2. The largest absolute Gasteiger partial charge is 0.465 e. The Bertz CT molecular complexity index is 230. The predicted octanol–water partition coefficient (Wildman–Crippen LogP) is 1.96. The second-order valence-electron chi connectivity index (χ2n) is 4.75. The van der Waals surface area contributed by atoms with Crippen LogP contribution in [-0.4, -0.2) is 25.2 Å². The maximum atomic E-state index is 11.9. The molecule has 15 heavy (non-hydrogen) atoms. The number of carbonyl (C=O) groups is 1. The minimum atomic E-state index is -0.429. The number of ether oxygens (including phenoxy) is 1. The third-order valence-corrected chi connectivity index (χ3v) is 3.81. The van der Waals surface area contributed by atoms with Gasteiger partial charge in [-0.05, 0) is 45.1 Å². The molecule has 3 unspecified atom stereocenters. The molecule has 0 aromatic carbocycles. The molecule has 0 aliphatic heterocycles. The summed E-state index contributed by atoms with van der Waals surface area (Å²) >= 11 is 0. The van der Waals surface area contributed by atoms with Gasteiger partial charge in [0.05, 0.1) is 6.61 Å². The fourth-order valence-electron chi connectivity index (χ4n) is 2.40. The van der Waals surface area contributed by atoms with E-state index in [4.69, 9.17) is 4.74 Å². The van der Waals surface area contributed by atoms with Crippen molar-refractivity contribution in [3.63, 3.8) is 0 Å². The fraction of sp³-hybridized carbons (Fsp3) is 0.917. The van der Waals surface area contributed by atoms with Crippen molar-refractivity contribution in [1.82, 2.24) is 5.32 Å². The second kappa shape index (κ2) is 4.97. The Balaban J connectivity index is 2.73. The van der Waals surface area contributed by atoms with E-state index in [0.29, 0.717) is 18.4 Å². The average molecular weight is 213 g/mol. The van der Waals surface area contributed by atoms with Crippen LogP contribution in [0.3, 0.4) is 0 Å². The number of hydrogen-bond donors (Lipinski definition) is 1. The van der Waals surface area contributed by atoms with Gasteiger partial charge in [0.1, 0.15) is 5.54 Å². The molecule has 0 aromatic heterocycles. The standard InChI is InChI=1S/C12H23NO2/c1-5-15-11(14)12(13-4)7-6-9(2)10(3)8-12/h9-10,13H,5-8H2,1-4H3. The van der Waals surface area contributed by atoms with Crippen LogP contribution in [0.2, 0.25) is 0 Å². The zero-order chi connectivity index (χ0) is 11.5. The van der Waals surface area contributed by atoms with Crippen molar-refractivity contribution in [2.45, 2.75) is 45.6 Å². The Morgan fingerprint density at radius 2 is 2.13 bits per heavy atom. The first-order valence-corrected chi connectivity index (χ1v) is 5.92. The van der Waals surface area contributed by atoms with Crippen LogP contribution in [0.4, 0.5) is 0 Å². The summed E-state index contributed by atoms with van der Waals surface area (Å²) < 4.78 is 5.16. The molecule has 0 saturated heterocycles. The quantitative estimate of drug-likeness (QED) is 0.728. The van der Waals surface area contributed by atoms with E-state index < -0.39 is 5.54 Å². The van der Waals surface area contributed by atoms with Crippen molar-refractivity contribution in [2.24, 2.45) is 11.8 Å². The average Bonchev–Trinajstić information content (AvgIpc) is 2.23. The third kappa shape index (κ3) is 2.51. The van der Waals surface area contributed by atoms with Crippen LogP contribution >= 0.6 is 0 Å². The Morgan fingerprint density at radius 1 is 1.47 bits per heavy atom. The first-order chi connectivity index (χ1) is 7.05. The highest BCUT2D eigenvalue weighted by molar-refractivity contribution is 5.81. The summed E-state index contributed by atoms with van der Waals surface area (Å²) in [5.41, 5.74) is -0.429. The number of hydrogen-bond acceptors (Lipinski definition) is 3. The van der Waals surface area contributed by atoms with Crippen LogP contribution in [0.15, 0.2) is 0 Å². The SMILES string of the molecule is CCOC(=O)C1(NC)CCC(C)C(C)C1. The summed E-state index contributed by atoms with van der Waals surface area (Å²) in [6.07, 6.45) is 2.89. The van der Waals surface area contributed by atoms with E-state index in [1.54, 1.807) is 0 Å². The van der Waals surface area contributed by atoms with E-state index in [1.807, 2.05) is 14.0 Å². The molecular weight excluding hydrogens is 190 g/mol. The molecule has 1 aliphatic rings. The number of nitrogens with one attached hydrogen (secondary N) is 1. The first-order valence-electron chi connectivity index (χ1n) is 5.92. The summed E-state index contributed by atoms with van der Waals surface area (Å²) in [7, 11) is 1.86. The summed E-state index contributed by atoms with van der Waals surface area (Å²) in [6.45, 7) is 6.80. The maximum Gasteiger partial charge on any atom is 0.326 e. The highest BCUT2D eigenvalue weighted by Crippen LogP contribution is 2.36. The smallest absolute Gasteiger partial charge is 0.326 e. The van der Waals surface area contributed by atoms with Crippen LogP contribution in [-0.2, 0) is 9.53 Å². The van der Waals surface area contributed by atoms with Crippen LogP contribution < -0.4 is 5.32 Å². The van der Waals surface area contributed by atoms with Gasteiger partial charge in [-0.15, -0.1) is 0 Å². The Kier molecular flexibility index (Phi) is 4.14. The normalized spacial score (nSPS) is 36.3. The van der Waals surface area contributed by atoms with E-state index in [-0.39, 0.29) is 5.97 Å². The third-order valence-electron chi connectivity index (χ3n) is 3.81. The molecule has 0 aromatic rings. The van der Waals surface area contributed by atoms with Gasteiger partial charge in [-0.2, -0.15) is 0 Å². The lowest BCUT2D eigenvalue weighted by atomic mass is 9.71. The van der Waals surface area contributed by atoms with E-state index in [2.05, 4.69) is 19.2 Å². The molecule has 1 rings (SSSR count). The lowest BCUT2D eigenvalue weighted by molar-refractivity contribution is -0.153. The van der Waals surface area contributed by atoms with Crippen molar-refractivity contribution in [1.29, 1.82) is 0 Å². The van der Waals surface area contributed by atoms with Gasteiger partial charge in [0.25, 0.3) is 0 Å². The van der Waals surface area contributed by atoms with Gasteiger partial charge in [-0.3, -0.25) is 4.79 Å². The molecule has 1 fully saturated rings. The maximum absolute atomic E-state index is 11.9. The van der Waals surface area contributed by atoms with Crippen LogP contribution in [0.1, 0.15) is 40.0 Å². The van der Waals surface area contributed by atoms with E-state index >= 15 is 0 Å². The molecule has 0 amide bonds. The van der Waals surface area contributed by atoms with E-state index in [9.17, 15) is 4.79 Å². The Hall–Kier alpha value is -0.570. The van der Waals surface area contributed by atoms with Crippen molar-refractivity contribution >= 4 is 5.97 Å². The van der Waals surface area contributed by atoms with Gasteiger partial charge < -0.3 is 10.1 Å². The fourth-order valence-corrected chi connectivity index (χ4v) is 2.40. The molecule has 1 N–H and O–H groups in total. The Labute approximate surface area is 92.6 Å². The van der Waals surface area contributed by atoms with Gasteiger partial charge in [0.2, 0.25) is 0 Å². The van der Waals surface area contributed by atoms with Crippen LogP contribution in [0.5, 0.6) is 0 Å². The molecule has 3 heteroatoms. The lowest BCUT2D eigenvalue weighted by Gasteiger charge is -2.40. The van der Waals surface area contributed by atoms with Crippen molar-refractivity contribution in [3.8, 4) is 0 Å². The minimum Gasteiger partial charge on any atom is -0.465 e. The summed E-state index contributed by atoms with van der Waals surface area (Å²) in [6, 6.07) is 0. The van der Waals surface area contributed by atoms with Crippen LogP contribution in [0, 0.1) is 11.8 Å². The molecule has 3 nitrogen and oxygen atoms in total. The van der Waals surface area contributed by atoms with Crippen molar-refractivity contribution < 1.29 is 9.53 Å². The van der Waals surface area contributed by atoms with E-state index in [1.165, 1.54) is 0 Å². The molecule has 1 saturated carbocycles. The number of rotatable bonds is 3. The van der Waals surface area contributed by atoms with Gasteiger partial charge >= 0.3 is 5.97 Å². The molecule has 0 heterocycles. The minimum absolute atomic E-state index is 0.0775. The summed E-state index contributed by atoms with van der Waals surface area (Å²) in [5, 5.41) is 3.18. The molecule has 0 bridgehead atoms. The van der Waals surface area contributed by atoms with Gasteiger partial charge in [-0.1, -0.05) is 13.8 Å². The van der Waals surface area contributed by atoms with Gasteiger partial charge in [0.15, 0.2) is 0 Å². The zero-order valence-electron chi connectivity index (χ0n) is 10.3. The van der Waals surface area contributed by atoms with Gasteiger partial charge in [-0.25, -0.2) is 0 Å². The van der Waals surface area contributed by atoms with Crippen LogP contribution in [0.25, 0.3) is 0 Å². The highest BCUT2D eigenvalue weighted by Gasteiger charge is 2.43. The Morgan fingerprint density at radius 3 is 2.60 bits per heavy atom. The summed E-state index contributed by atoms with van der Waals surface area (Å²) in [4.78, 5) is 11.9. The van der Waals surface area contributed by atoms with Crippen molar-refractivity contribution in [2.75, 3.05) is 13.7 Å². The van der Waals surface area contributed by atoms with Crippen molar-refractivity contribution in [3.05, 3.63) is 0 Å². The summed E-state index contributed by atoms with van der Waals surface area (Å²) in [5.74, 6) is 1.21. The number of likely N-dealkylation sites (N-methyl/N-ethyl adjacent to an activating group) is 1. The van der Waals surface area contributed by atoms with Gasteiger partial charge in [0, 0.05) is 0 Å². The second-order valence-corrected chi connectivity index (χ2v) is 4.75.